The van der Waals surface area contributed by atoms with E-state index in [1.807, 2.05) is 0 Å². The second-order valence-electron chi connectivity index (χ2n) is 6.68. The van der Waals surface area contributed by atoms with Gasteiger partial charge >= 0.3 is 6.18 Å². The molecule has 1 aliphatic heterocycles. The Morgan fingerprint density at radius 3 is 2.50 bits per heavy atom. The molecule has 0 aromatic carbocycles. The first-order valence-electron chi connectivity index (χ1n) is 8.29. The molecule has 1 atom stereocenters. The van der Waals surface area contributed by atoms with Gasteiger partial charge in [0, 0.05) is 30.9 Å². The standard InChI is InChI=1S/C15H25F3N4O3S/c1-10(2)20(5)26(23,24)22-6-7-25-8-13(22)14-11(3)19-21(12(14)4)9-15(16,17)18/h10,13H,6-9H2,1-5H3/t13-/m1/s1. The van der Waals surface area contributed by atoms with Gasteiger partial charge in [0.1, 0.15) is 6.54 Å². The molecular weight excluding hydrogens is 373 g/mol. The number of aromatic nitrogens is 2. The van der Waals surface area contributed by atoms with Crippen molar-refractivity contribution in [2.24, 2.45) is 0 Å². The first-order valence-corrected chi connectivity index (χ1v) is 9.69. The number of ether oxygens (including phenoxy) is 1. The SMILES string of the molecule is Cc1nn(CC(F)(F)F)c(C)c1[C@H]1COCCN1S(=O)(=O)N(C)C(C)C. The van der Waals surface area contributed by atoms with Gasteiger partial charge in [0.05, 0.1) is 24.9 Å². The Kier molecular flexibility index (Phi) is 6.06. The van der Waals surface area contributed by atoms with Crippen LogP contribution in [0.4, 0.5) is 13.2 Å². The van der Waals surface area contributed by atoms with Crippen molar-refractivity contribution in [1.29, 1.82) is 0 Å². The van der Waals surface area contributed by atoms with Crippen molar-refractivity contribution in [2.75, 3.05) is 26.8 Å². The summed E-state index contributed by atoms with van der Waals surface area (Å²) in [6.07, 6.45) is -4.41. The Bertz CT molecular complexity index is 746. The number of rotatable bonds is 5. The van der Waals surface area contributed by atoms with Crippen LogP contribution in [0.5, 0.6) is 0 Å². The molecule has 0 spiro atoms. The van der Waals surface area contributed by atoms with E-state index in [4.69, 9.17) is 4.74 Å². The van der Waals surface area contributed by atoms with Crippen LogP contribution in [0.1, 0.15) is 36.8 Å². The van der Waals surface area contributed by atoms with Gasteiger partial charge in [-0.25, -0.2) is 0 Å². The highest BCUT2D eigenvalue weighted by Gasteiger charge is 2.40. The van der Waals surface area contributed by atoms with Gasteiger partial charge in [-0.3, -0.25) is 4.68 Å². The van der Waals surface area contributed by atoms with E-state index in [1.54, 1.807) is 20.8 Å². The largest absolute Gasteiger partial charge is 0.408 e. The molecule has 11 heteroatoms. The van der Waals surface area contributed by atoms with Crippen LogP contribution in [0.25, 0.3) is 0 Å². The third kappa shape index (κ3) is 4.21. The van der Waals surface area contributed by atoms with Gasteiger partial charge in [0.15, 0.2) is 0 Å². The average molecular weight is 398 g/mol. The van der Waals surface area contributed by atoms with Crippen LogP contribution in [0.15, 0.2) is 0 Å². The lowest BCUT2D eigenvalue weighted by Crippen LogP contribution is -2.50. The highest BCUT2D eigenvalue weighted by Crippen LogP contribution is 2.33. The third-order valence-electron chi connectivity index (χ3n) is 4.57. The van der Waals surface area contributed by atoms with Gasteiger partial charge in [-0.2, -0.15) is 35.3 Å². The van der Waals surface area contributed by atoms with Crippen molar-refractivity contribution in [1.82, 2.24) is 18.4 Å². The molecule has 0 aliphatic carbocycles. The molecular formula is C15H25F3N4O3S. The lowest BCUT2D eigenvalue weighted by atomic mass is 10.0. The summed E-state index contributed by atoms with van der Waals surface area (Å²) in [6.45, 7) is 5.84. The molecule has 1 fully saturated rings. The lowest BCUT2D eigenvalue weighted by molar-refractivity contribution is -0.143. The summed E-state index contributed by atoms with van der Waals surface area (Å²) in [7, 11) is -2.31. The van der Waals surface area contributed by atoms with Crippen molar-refractivity contribution in [3.05, 3.63) is 17.0 Å². The third-order valence-corrected chi connectivity index (χ3v) is 6.75. The quantitative estimate of drug-likeness (QED) is 0.761. The van der Waals surface area contributed by atoms with Gasteiger partial charge in [-0.05, 0) is 27.7 Å². The highest BCUT2D eigenvalue weighted by atomic mass is 32.2. The Morgan fingerprint density at radius 2 is 1.96 bits per heavy atom. The fraction of sp³-hybridized carbons (Fsp3) is 0.800. The number of hydrogen-bond acceptors (Lipinski definition) is 4. The van der Waals surface area contributed by atoms with Crippen molar-refractivity contribution < 1.29 is 26.3 Å². The van der Waals surface area contributed by atoms with Crippen molar-refractivity contribution in [3.8, 4) is 0 Å². The molecule has 2 rings (SSSR count). The molecule has 150 valence electrons. The zero-order valence-electron chi connectivity index (χ0n) is 15.5. The zero-order valence-corrected chi connectivity index (χ0v) is 16.4. The average Bonchev–Trinajstić information content (AvgIpc) is 2.78. The molecule has 1 aromatic rings. The summed E-state index contributed by atoms with van der Waals surface area (Å²) in [5, 5.41) is 3.97. The summed E-state index contributed by atoms with van der Waals surface area (Å²) in [6, 6.07) is -0.962. The molecule has 7 nitrogen and oxygen atoms in total. The molecule has 2 heterocycles. The maximum Gasteiger partial charge on any atom is 0.408 e. The van der Waals surface area contributed by atoms with E-state index in [9.17, 15) is 21.6 Å². The normalized spacial score (nSPS) is 20.3. The number of aryl methyl sites for hydroxylation is 1. The van der Waals surface area contributed by atoms with Crippen LogP contribution >= 0.6 is 0 Å². The summed E-state index contributed by atoms with van der Waals surface area (Å²) in [5.74, 6) is 0. The van der Waals surface area contributed by atoms with E-state index in [2.05, 4.69) is 5.10 Å². The number of alkyl halides is 3. The van der Waals surface area contributed by atoms with Crippen LogP contribution in [-0.2, 0) is 21.5 Å². The van der Waals surface area contributed by atoms with Gasteiger partial charge in [0.2, 0.25) is 0 Å². The Labute approximate surface area is 151 Å². The molecule has 26 heavy (non-hydrogen) atoms. The smallest absolute Gasteiger partial charge is 0.378 e. The molecule has 0 saturated carbocycles. The number of morpholine rings is 1. The van der Waals surface area contributed by atoms with Gasteiger partial charge in [-0.1, -0.05) is 0 Å². The van der Waals surface area contributed by atoms with E-state index in [0.29, 0.717) is 17.0 Å². The van der Waals surface area contributed by atoms with E-state index >= 15 is 0 Å². The summed E-state index contributed by atoms with van der Waals surface area (Å²) in [4.78, 5) is 0. The minimum absolute atomic E-state index is 0.0740. The second kappa shape index (κ2) is 7.45. The lowest BCUT2D eigenvalue weighted by Gasteiger charge is -2.38. The van der Waals surface area contributed by atoms with E-state index in [0.717, 1.165) is 4.68 Å². The first kappa shape index (κ1) is 21.1. The van der Waals surface area contributed by atoms with Crippen LogP contribution < -0.4 is 0 Å². The number of halogens is 3. The Morgan fingerprint density at radius 1 is 1.35 bits per heavy atom. The topological polar surface area (TPSA) is 67.7 Å². The first-order chi connectivity index (χ1) is 11.9. The molecule has 1 saturated heterocycles. The summed E-state index contributed by atoms with van der Waals surface area (Å²) in [5.41, 5.74) is 1.13. The van der Waals surface area contributed by atoms with E-state index in [-0.39, 0.29) is 25.8 Å². The second-order valence-corrected chi connectivity index (χ2v) is 8.62. The Hall–Kier alpha value is -1.17. The van der Waals surface area contributed by atoms with Gasteiger partial charge in [-0.15, -0.1) is 0 Å². The predicted octanol–water partition coefficient (Wildman–Crippen LogP) is 2.02. The van der Waals surface area contributed by atoms with Crippen molar-refractivity contribution in [2.45, 2.75) is 52.5 Å². The fourth-order valence-electron chi connectivity index (χ4n) is 3.04. The molecule has 0 N–H and O–H groups in total. The van der Waals surface area contributed by atoms with Crippen LogP contribution in [0.3, 0.4) is 0 Å². The Balaban J connectivity index is 2.45. The maximum atomic E-state index is 13.0. The number of nitrogens with zero attached hydrogens (tertiary/aromatic N) is 4. The summed E-state index contributed by atoms with van der Waals surface area (Å²) < 4.78 is 73.1. The minimum atomic E-state index is -4.41. The van der Waals surface area contributed by atoms with Crippen LogP contribution in [0.2, 0.25) is 0 Å². The maximum absolute atomic E-state index is 13.0. The van der Waals surface area contributed by atoms with Crippen molar-refractivity contribution in [3.63, 3.8) is 0 Å². The predicted molar refractivity (Wildman–Crippen MR) is 89.8 cm³/mol. The van der Waals surface area contributed by atoms with Crippen molar-refractivity contribution >= 4 is 10.2 Å². The van der Waals surface area contributed by atoms with Crippen LogP contribution in [-0.4, -0.2) is 65.8 Å². The van der Waals surface area contributed by atoms with Crippen LogP contribution in [0, 0.1) is 13.8 Å². The molecule has 0 unspecified atom stereocenters. The highest BCUT2D eigenvalue weighted by molar-refractivity contribution is 7.86. The number of hydrogen-bond donors (Lipinski definition) is 0. The monoisotopic (exact) mass is 398 g/mol. The minimum Gasteiger partial charge on any atom is -0.378 e. The fourth-order valence-corrected chi connectivity index (χ4v) is 4.70. The molecule has 1 aromatic heterocycles. The van der Waals surface area contributed by atoms with E-state index < -0.39 is 29.0 Å². The van der Waals surface area contributed by atoms with Gasteiger partial charge in [0.25, 0.3) is 10.2 Å². The molecule has 0 amide bonds. The van der Waals surface area contributed by atoms with E-state index in [1.165, 1.54) is 22.6 Å². The molecule has 1 aliphatic rings. The molecule has 0 radical (unpaired) electrons. The summed E-state index contributed by atoms with van der Waals surface area (Å²) >= 11 is 0. The van der Waals surface area contributed by atoms with Gasteiger partial charge < -0.3 is 4.74 Å². The molecule has 0 bridgehead atoms. The zero-order chi connectivity index (χ0) is 19.9.